The Bertz CT molecular complexity index is 370. The summed E-state index contributed by atoms with van der Waals surface area (Å²) in [6, 6.07) is 0. The molecule has 1 aromatic heterocycles. The van der Waals surface area contributed by atoms with Crippen LogP contribution in [-0.2, 0) is 11.3 Å². The van der Waals surface area contributed by atoms with Crippen LogP contribution >= 0.6 is 0 Å². The van der Waals surface area contributed by atoms with Gasteiger partial charge in [-0.05, 0) is 39.3 Å². The molecule has 0 bridgehead atoms. The maximum atomic E-state index is 11.9. The van der Waals surface area contributed by atoms with E-state index in [1.807, 2.05) is 0 Å². The van der Waals surface area contributed by atoms with Gasteiger partial charge < -0.3 is 10.6 Å². The molecule has 2 heterocycles. The highest BCUT2D eigenvalue weighted by Crippen LogP contribution is 2.17. The first-order valence-electron chi connectivity index (χ1n) is 6.52. The van der Waals surface area contributed by atoms with Crippen LogP contribution in [0.25, 0.3) is 0 Å². The van der Waals surface area contributed by atoms with Crippen molar-refractivity contribution in [2.24, 2.45) is 0 Å². The van der Waals surface area contributed by atoms with Crippen molar-refractivity contribution in [3.8, 4) is 0 Å². The molecule has 0 aliphatic carbocycles. The Morgan fingerprint density at radius 1 is 1.50 bits per heavy atom. The smallest absolute Gasteiger partial charge is 0.220 e. The largest absolute Gasteiger partial charge is 0.351 e. The van der Waals surface area contributed by atoms with Gasteiger partial charge in [0.1, 0.15) is 12.7 Å². The first-order valence-corrected chi connectivity index (χ1v) is 6.52. The van der Waals surface area contributed by atoms with Crippen molar-refractivity contribution in [3.05, 3.63) is 12.7 Å². The Hall–Kier alpha value is -1.43. The van der Waals surface area contributed by atoms with E-state index < -0.39 is 0 Å². The van der Waals surface area contributed by atoms with E-state index in [2.05, 4.69) is 27.6 Å². The molecule has 0 saturated carbocycles. The number of aromatic nitrogens is 3. The van der Waals surface area contributed by atoms with Crippen LogP contribution in [0.3, 0.4) is 0 Å². The highest BCUT2D eigenvalue weighted by Gasteiger charge is 2.27. The quantitative estimate of drug-likeness (QED) is 0.790. The summed E-state index contributed by atoms with van der Waals surface area (Å²) in [6.45, 7) is 4.83. The molecule has 100 valence electrons. The lowest BCUT2D eigenvalue weighted by atomic mass is 9.90. The minimum absolute atomic E-state index is 0.0322. The minimum Gasteiger partial charge on any atom is -0.351 e. The number of hydrogen-bond donors (Lipinski definition) is 2. The van der Waals surface area contributed by atoms with Crippen LogP contribution < -0.4 is 10.6 Å². The summed E-state index contributed by atoms with van der Waals surface area (Å²) in [7, 11) is 0. The van der Waals surface area contributed by atoms with E-state index >= 15 is 0 Å². The molecule has 0 aromatic carbocycles. The molecule has 1 amide bonds. The van der Waals surface area contributed by atoms with Crippen LogP contribution in [0.2, 0.25) is 0 Å². The van der Waals surface area contributed by atoms with Crippen LogP contribution in [0.4, 0.5) is 0 Å². The SMILES string of the molecule is CC1(NC(=O)CCCn2cncn2)CCNCC1. The van der Waals surface area contributed by atoms with E-state index in [-0.39, 0.29) is 11.4 Å². The van der Waals surface area contributed by atoms with Crippen LogP contribution in [0.5, 0.6) is 0 Å². The van der Waals surface area contributed by atoms with Crippen LogP contribution in [0.1, 0.15) is 32.6 Å². The topological polar surface area (TPSA) is 71.8 Å². The maximum Gasteiger partial charge on any atom is 0.220 e. The molecule has 6 heteroatoms. The first kappa shape index (κ1) is 13.0. The summed E-state index contributed by atoms with van der Waals surface area (Å²) in [4.78, 5) is 15.7. The fourth-order valence-electron chi connectivity index (χ4n) is 2.25. The second-order valence-electron chi connectivity index (χ2n) is 5.12. The molecule has 0 spiro atoms. The number of piperidine rings is 1. The molecule has 1 aromatic rings. The predicted molar refractivity (Wildman–Crippen MR) is 67.9 cm³/mol. The zero-order valence-corrected chi connectivity index (χ0v) is 10.9. The molecule has 0 atom stereocenters. The standard InChI is InChI=1S/C12H21N5O/c1-12(4-6-13-7-5-12)16-11(18)3-2-8-17-10-14-9-15-17/h9-10,13H,2-8H2,1H3,(H,16,18). The Morgan fingerprint density at radius 3 is 2.94 bits per heavy atom. The molecule has 0 unspecified atom stereocenters. The molecule has 1 aliphatic heterocycles. The minimum atomic E-state index is -0.0322. The molecule has 0 radical (unpaired) electrons. The van der Waals surface area contributed by atoms with Crippen molar-refractivity contribution < 1.29 is 4.79 Å². The summed E-state index contributed by atoms with van der Waals surface area (Å²) in [5, 5.41) is 10.5. The number of aryl methyl sites for hydroxylation is 1. The number of nitrogens with one attached hydrogen (secondary N) is 2. The van der Waals surface area contributed by atoms with E-state index in [0.717, 1.165) is 38.9 Å². The van der Waals surface area contributed by atoms with E-state index in [1.54, 1.807) is 11.0 Å². The van der Waals surface area contributed by atoms with E-state index in [9.17, 15) is 4.79 Å². The van der Waals surface area contributed by atoms with Gasteiger partial charge in [-0.15, -0.1) is 0 Å². The average molecular weight is 251 g/mol. The monoisotopic (exact) mass is 251 g/mol. The Labute approximate surface area is 107 Å². The maximum absolute atomic E-state index is 11.9. The summed E-state index contributed by atoms with van der Waals surface area (Å²) < 4.78 is 1.75. The van der Waals surface area contributed by atoms with Crippen molar-refractivity contribution in [3.63, 3.8) is 0 Å². The fraction of sp³-hybridized carbons (Fsp3) is 0.750. The Kier molecular flexibility index (Phi) is 4.30. The highest BCUT2D eigenvalue weighted by atomic mass is 16.1. The fourth-order valence-corrected chi connectivity index (χ4v) is 2.25. The normalized spacial score (nSPS) is 18.5. The van der Waals surface area contributed by atoms with Gasteiger partial charge in [-0.25, -0.2) is 4.98 Å². The van der Waals surface area contributed by atoms with Crippen molar-refractivity contribution in [2.45, 2.75) is 44.7 Å². The van der Waals surface area contributed by atoms with Crippen LogP contribution in [0.15, 0.2) is 12.7 Å². The zero-order chi connectivity index (χ0) is 12.8. The van der Waals surface area contributed by atoms with Gasteiger partial charge in [0, 0.05) is 18.5 Å². The number of rotatable bonds is 5. The summed E-state index contributed by atoms with van der Waals surface area (Å²) in [5.74, 6) is 0.138. The molecule has 2 N–H and O–H groups in total. The molecular formula is C12H21N5O. The van der Waals surface area contributed by atoms with Gasteiger partial charge >= 0.3 is 0 Å². The molecule has 2 rings (SSSR count). The van der Waals surface area contributed by atoms with Gasteiger partial charge in [-0.3, -0.25) is 9.48 Å². The molecular weight excluding hydrogens is 230 g/mol. The Morgan fingerprint density at radius 2 is 2.28 bits per heavy atom. The van der Waals surface area contributed by atoms with Crippen LogP contribution in [-0.4, -0.2) is 39.3 Å². The second-order valence-corrected chi connectivity index (χ2v) is 5.12. The van der Waals surface area contributed by atoms with Gasteiger partial charge in [-0.1, -0.05) is 0 Å². The first-order chi connectivity index (χ1) is 8.68. The number of nitrogens with zero attached hydrogens (tertiary/aromatic N) is 3. The predicted octanol–water partition coefficient (Wildman–Crippen LogP) is 0.317. The number of hydrogen-bond acceptors (Lipinski definition) is 4. The molecule has 6 nitrogen and oxygen atoms in total. The van der Waals surface area contributed by atoms with Gasteiger partial charge in [0.2, 0.25) is 5.91 Å². The van der Waals surface area contributed by atoms with E-state index in [0.29, 0.717) is 6.42 Å². The highest BCUT2D eigenvalue weighted by molar-refractivity contribution is 5.76. The van der Waals surface area contributed by atoms with Crippen molar-refractivity contribution in [1.82, 2.24) is 25.4 Å². The lowest BCUT2D eigenvalue weighted by Gasteiger charge is -2.35. The van der Waals surface area contributed by atoms with Crippen molar-refractivity contribution >= 4 is 5.91 Å². The zero-order valence-electron chi connectivity index (χ0n) is 10.9. The molecule has 1 saturated heterocycles. The number of amides is 1. The van der Waals surface area contributed by atoms with Crippen molar-refractivity contribution in [2.75, 3.05) is 13.1 Å². The summed E-state index contributed by atoms with van der Waals surface area (Å²) >= 11 is 0. The second kappa shape index (κ2) is 5.95. The molecule has 18 heavy (non-hydrogen) atoms. The van der Waals surface area contributed by atoms with Gasteiger partial charge in [0.15, 0.2) is 0 Å². The number of carbonyl (C=O) groups is 1. The third-order valence-corrected chi connectivity index (χ3v) is 3.41. The summed E-state index contributed by atoms with van der Waals surface area (Å²) in [6.07, 6.45) is 6.53. The summed E-state index contributed by atoms with van der Waals surface area (Å²) in [5.41, 5.74) is -0.0322. The molecule has 1 aliphatic rings. The number of carbonyl (C=O) groups excluding carboxylic acids is 1. The van der Waals surface area contributed by atoms with Gasteiger partial charge in [0.05, 0.1) is 0 Å². The lowest BCUT2D eigenvalue weighted by molar-refractivity contribution is -0.123. The van der Waals surface area contributed by atoms with Gasteiger partial charge in [-0.2, -0.15) is 5.10 Å². The van der Waals surface area contributed by atoms with E-state index in [1.165, 1.54) is 6.33 Å². The van der Waals surface area contributed by atoms with Gasteiger partial charge in [0.25, 0.3) is 0 Å². The third kappa shape index (κ3) is 3.80. The average Bonchev–Trinajstić information content (AvgIpc) is 2.82. The van der Waals surface area contributed by atoms with Crippen molar-refractivity contribution in [1.29, 1.82) is 0 Å². The van der Waals surface area contributed by atoms with Crippen LogP contribution in [0, 0.1) is 0 Å². The van der Waals surface area contributed by atoms with E-state index in [4.69, 9.17) is 0 Å². The lowest BCUT2D eigenvalue weighted by Crippen LogP contribution is -2.52. The Balaban J connectivity index is 1.68. The third-order valence-electron chi connectivity index (χ3n) is 3.41. The molecule has 1 fully saturated rings.